The lowest BCUT2D eigenvalue weighted by molar-refractivity contribution is 0.571. The van der Waals surface area contributed by atoms with Crippen molar-refractivity contribution >= 4 is 21.7 Å². The lowest BCUT2D eigenvalue weighted by Gasteiger charge is -2.23. The number of hydrogen-bond donors (Lipinski definition) is 0. The highest BCUT2D eigenvalue weighted by atomic mass is 79.9. The van der Waals surface area contributed by atoms with E-state index < -0.39 is 0 Å². The van der Waals surface area contributed by atoms with Gasteiger partial charge in [-0.1, -0.05) is 46.3 Å². The van der Waals surface area contributed by atoms with E-state index in [0.29, 0.717) is 12.4 Å². The quantitative estimate of drug-likeness (QED) is 0.751. The van der Waals surface area contributed by atoms with Gasteiger partial charge in [0.1, 0.15) is 0 Å². The summed E-state index contributed by atoms with van der Waals surface area (Å²) in [6.07, 6.45) is 3.44. The van der Waals surface area contributed by atoms with Gasteiger partial charge in [-0.3, -0.25) is 4.79 Å². The summed E-state index contributed by atoms with van der Waals surface area (Å²) in [6.45, 7) is 5.41. The Kier molecular flexibility index (Phi) is 5.56. The molecule has 0 aliphatic rings. The SMILES string of the molecule is CC(C)n1ccnc(N(CCBr)Cc2ccccc2)c1=O. The maximum Gasteiger partial charge on any atom is 0.293 e. The van der Waals surface area contributed by atoms with Crippen LogP contribution in [0.4, 0.5) is 5.82 Å². The lowest BCUT2D eigenvalue weighted by atomic mass is 10.2. The molecular weight excluding hydrogens is 330 g/mol. The van der Waals surface area contributed by atoms with E-state index in [0.717, 1.165) is 11.9 Å². The molecular formula is C16H20BrN3O. The Morgan fingerprint density at radius 2 is 2.00 bits per heavy atom. The Morgan fingerprint density at radius 1 is 1.29 bits per heavy atom. The van der Waals surface area contributed by atoms with Crippen LogP contribution < -0.4 is 10.5 Å². The Labute approximate surface area is 133 Å². The van der Waals surface area contributed by atoms with Gasteiger partial charge < -0.3 is 9.47 Å². The van der Waals surface area contributed by atoms with Gasteiger partial charge in [0.25, 0.3) is 5.56 Å². The molecule has 0 aliphatic carbocycles. The number of rotatable bonds is 6. The fourth-order valence-corrected chi connectivity index (χ4v) is 2.63. The molecule has 0 fully saturated rings. The number of nitrogens with zero attached hydrogens (tertiary/aromatic N) is 3. The van der Waals surface area contributed by atoms with Crippen LogP contribution in [0.2, 0.25) is 0 Å². The van der Waals surface area contributed by atoms with Gasteiger partial charge >= 0.3 is 0 Å². The van der Waals surface area contributed by atoms with Crippen molar-refractivity contribution in [3.05, 3.63) is 58.6 Å². The molecule has 21 heavy (non-hydrogen) atoms. The van der Waals surface area contributed by atoms with E-state index >= 15 is 0 Å². The van der Waals surface area contributed by atoms with Crippen molar-refractivity contribution in [2.45, 2.75) is 26.4 Å². The summed E-state index contributed by atoms with van der Waals surface area (Å²) in [4.78, 5) is 18.9. The van der Waals surface area contributed by atoms with Gasteiger partial charge in [-0.15, -0.1) is 0 Å². The molecule has 0 N–H and O–H groups in total. The van der Waals surface area contributed by atoms with Crippen LogP contribution in [0.5, 0.6) is 0 Å². The lowest BCUT2D eigenvalue weighted by Crippen LogP contribution is -2.34. The van der Waals surface area contributed by atoms with Gasteiger partial charge in [-0.05, 0) is 19.4 Å². The van der Waals surface area contributed by atoms with Crippen LogP contribution in [0.3, 0.4) is 0 Å². The first kappa shape index (κ1) is 15.8. The fourth-order valence-electron chi connectivity index (χ4n) is 2.20. The summed E-state index contributed by atoms with van der Waals surface area (Å²) < 4.78 is 1.72. The molecule has 2 rings (SSSR count). The van der Waals surface area contributed by atoms with Gasteiger partial charge in [-0.25, -0.2) is 4.98 Å². The van der Waals surface area contributed by atoms with E-state index in [2.05, 4.69) is 33.0 Å². The average Bonchev–Trinajstić information content (AvgIpc) is 2.48. The van der Waals surface area contributed by atoms with Crippen molar-refractivity contribution < 1.29 is 0 Å². The van der Waals surface area contributed by atoms with E-state index in [1.165, 1.54) is 5.56 Å². The predicted octanol–water partition coefficient (Wildman–Crippen LogP) is 3.23. The molecule has 1 heterocycles. The second-order valence-electron chi connectivity index (χ2n) is 5.15. The first-order valence-corrected chi connectivity index (χ1v) is 8.17. The van der Waals surface area contributed by atoms with E-state index in [4.69, 9.17) is 0 Å². The molecule has 0 bridgehead atoms. The van der Waals surface area contributed by atoms with Crippen LogP contribution in [-0.2, 0) is 6.54 Å². The molecule has 0 atom stereocenters. The molecule has 0 spiro atoms. The minimum absolute atomic E-state index is 0.0376. The van der Waals surface area contributed by atoms with E-state index in [9.17, 15) is 4.79 Å². The number of alkyl halides is 1. The minimum atomic E-state index is -0.0376. The highest BCUT2D eigenvalue weighted by Crippen LogP contribution is 2.12. The molecule has 0 saturated heterocycles. The highest BCUT2D eigenvalue weighted by Gasteiger charge is 2.14. The van der Waals surface area contributed by atoms with Crippen LogP contribution in [0.15, 0.2) is 47.5 Å². The molecule has 0 radical (unpaired) electrons. The maximum atomic E-state index is 12.6. The summed E-state index contributed by atoms with van der Waals surface area (Å²) in [5.41, 5.74) is 1.13. The third kappa shape index (κ3) is 3.94. The molecule has 0 aliphatic heterocycles. The smallest absolute Gasteiger partial charge is 0.293 e. The predicted molar refractivity (Wildman–Crippen MR) is 90.2 cm³/mol. The molecule has 0 amide bonds. The Balaban J connectivity index is 2.34. The zero-order valence-corrected chi connectivity index (χ0v) is 14.0. The molecule has 1 aromatic heterocycles. The molecule has 112 valence electrons. The molecule has 0 unspecified atom stereocenters. The zero-order chi connectivity index (χ0) is 15.2. The van der Waals surface area contributed by atoms with Gasteiger partial charge in [0.15, 0.2) is 5.82 Å². The third-order valence-electron chi connectivity index (χ3n) is 3.28. The van der Waals surface area contributed by atoms with Crippen molar-refractivity contribution in [2.24, 2.45) is 0 Å². The van der Waals surface area contributed by atoms with E-state index in [-0.39, 0.29) is 11.6 Å². The largest absolute Gasteiger partial charge is 0.347 e. The monoisotopic (exact) mass is 349 g/mol. The summed E-state index contributed by atoms with van der Waals surface area (Å²) in [5.74, 6) is 0.509. The Hall–Kier alpha value is -1.62. The van der Waals surface area contributed by atoms with Crippen LogP contribution in [0.1, 0.15) is 25.5 Å². The van der Waals surface area contributed by atoms with Crippen molar-refractivity contribution in [3.8, 4) is 0 Å². The number of hydrogen-bond acceptors (Lipinski definition) is 3. The van der Waals surface area contributed by atoms with E-state index in [1.54, 1.807) is 17.0 Å². The standard InChI is InChI=1S/C16H20BrN3O/c1-13(2)20-11-9-18-15(16(20)21)19(10-8-17)12-14-6-4-3-5-7-14/h3-7,9,11,13H,8,10,12H2,1-2H3. The van der Waals surface area contributed by atoms with Gasteiger partial charge in [-0.2, -0.15) is 0 Å². The van der Waals surface area contributed by atoms with Gasteiger partial charge in [0.05, 0.1) is 0 Å². The van der Waals surface area contributed by atoms with Crippen molar-refractivity contribution in [2.75, 3.05) is 16.8 Å². The summed E-state index contributed by atoms with van der Waals surface area (Å²) in [6, 6.07) is 10.3. The first-order chi connectivity index (χ1) is 10.1. The molecule has 2 aromatic rings. The molecule has 1 aromatic carbocycles. The van der Waals surface area contributed by atoms with Crippen molar-refractivity contribution in [3.63, 3.8) is 0 Å². The molecule has 4 nitrogen and oxygen atoms in total. The average molecular weight is 350 g/mol. The first-order valence-electron chi connectivity index (χ1n) is 7.05. The second kappa shape index (κ2) is 7.41. The van der Waals surface area contributed by atoms with Crippen LogP contribution in [-0.4, -0.2) is 21.4 Å². The summed E-state index contributed by atoms with van der Waals surface area (Å²) in [7, 11) is 0. The Bertz CT molecular complexity index is 625. The van der Waals surface area contributed by atoms with Gasteiger partial charge in [0, 0.05) is 36.9 Å². The van der Waals surface area contributed by atoms with Crippen molar-refractivity contribution in [1.82, 2.24) is 9.55 Å². The fraction of sp³-hybridized carbons (Fsp3) is 0.375. The number of aromatic nitrogens is 2. The van der Waals surface area contributed by atoms with E-state index in [1.807, 2.05) is 36.9 Å². The third-order valence-corrected chi connectivity index (χ3v) is 3.63. The minimum Gasteiger partial charge on any atom is -0.347 e. The maximum absolute atomic E-state index is 12.6. The molecule has 0 saturated carbocycles. The second-order valence-corrected chi connectivity index (χ2v) is 5.95. The number of halogens is 1. The van der Waals surface area contributed by atoms with Gasteiger partial charge in [0.2, 0.25) is 0 Å². The number of benzene rings is 1. The van der Waals surface area contributed by atoms with Crippen LogP contribution in [0, 0.1) is 0 Å². The molecule has 5 heteroatoms. The summed E-state index contributed by atoms with van der Waals surface area (Å²) in [5, 5.41) is 0.789. The highest BCUT2D eigenvalue weighted by molar-refractivity contribution is 9.09. The topological polar surface area (TPSA) is 38.1 Å². The van der Waals surface area contributed by atoms with Crippen molar-refractivity contribution in [1.29, 1.82) is 0 Å². The normalized spacial score (nSPS) is 10.9. The van der Waals surface area contributed by atoms with Crippen LogP contribution in [0.25, 0.3) is 0 Å². The number of anilines is 1. The summed E-state index contributed by atoms with van der Waals surface area (Å²) >= 11 is 3.45. The zero-order valence-electron chi connectivity index (χ0n) is 12.4. The van der Waals surface area contributed by atoms with Crippen LogP contribution >= 0.6 is 15.9 Å². The Morgan fingerprint density at radius 3 is 2.62 bits per heavy atom.